The van der Waals surface area contributed by atoms with Crippen molar-refractivity contribution in [2.24, 2.45) is 0 Å². The van der Waals surface area contributed by atoms with Crippen molar-refractivity contribution in [3.63, 3.8) is 0 Å². The summed E-state index contributed by atoms with van der Waals surface area (Å²) >= 11 is 0. The van der Waals surface area contributed by atoms with Crippen LogP contribution in [0.25, 0.3) is 0 Å². The molecule has 0 aliphatic carbocycles. The highest BCUT2D eigenvalue weighted by molar-refractivity contribution is 8.11. The van der Waals surface area contributed by atoms with Crippen LogP contribution >= 0.6 is 0 Å². The lowest BCUT2D eigenvalue weighted by atomic mass is 10.2. The van der Waals surface area contributed by atoms with Crippen LogP contribution in [0, 0.1) is 0 Å². The van der Waals surface area contributed by atoms with Crippen molar-refractivity contribution in [1.82, 2.24) is 0 Å². The maximum Gasteiger partial charge on any atom is 0.120 e. The molecule has 0 fully saturated rings. The SMILES string of the molecule is CC(C)(C)[Si](C)(C(C)(C)C)[Si]1([Si](C)(C(C)(C)C)C(C)(C)C)c2ccccc2[Si]2(c3ccccc31)[Si]1([Si](C)(C(C)(C)C)C(C)(C)C)c3ccccc3[Si]2([Si](C)(C(C)(C)C)C(C)(C)C)c2ccccc21. The summed E-state index contributed by atoms with van der Waals surface area (Å²) in [5, 5.41) is 16.8. The fourth-order valence-corrected chi connectivity index (χ4v) is 227. The highest BCUT2D eigenvalue weighted by atomic mass is 29.9. The third-order valence-corrected chi connectivity index (χ3v) is 158. The molecular formula is C60H100Si8. The van der Waals surface area contributed by atoms with Gasteiger partial charge in [-0.15, -0.1) is 0 Å². The maximum atomic E-state index is 3.06. The summed E-state index contributed by atoms with van der Waals surface area (Å²) in [6.45, 7) is 78.3. The molecule has 68 heavy (non-hydrogen) atoms. The van der Waals surface area contributed by atoms with E-state index in [0.717, 1.165) is 0 Å². The van der Waals surface area contributed by atoms with Crippen molar-refractivity contribution < 1.29 is 0 Å². The van der Waals surface area contributed by atoms with E-state index in [2.05, 4.69) is 289 Å². The average Bonchev–Trinajstić information content (AvgIpc) is 3.56. The molecule has 2 bridgehead atoms. The van der Waals surface area contributed by atoms with Gasteiger partial charge in [0.1, 0.15) is 28.4 Å². The molecule has 3 aliphatic rings. The third kappa shape index (κ3) is 5.57. The van der Waals surface area contributed by atoms with Gasteiger partial charge in [0.25, 0.3) is 0 Å². The third-order valence-electron chi connectivity index (χ3n) is 23.1. The number of hydrogen-bond acceptors (Lipinski definition) is 0. The summed E-state index contributed by atoms with van der Waals surface area (Å²) in [6.07, 6.45) is 0. The summed E-state index contributed by atoms with van der Waals surface area (Å²) in [6, 6.07) is 43.8. The fraction of sp³-hybridized carbons (Fsp3) is 0.600. The average molecular weight is 1050 g/mol. The molecule has 1 spiro atoms. The molecule has 0 saturated heterocycles. The van der Waals surface area contributed by atoms with Crippen LogP contribution in [0.15, 0.2) is 97.1 Å². The quantitative estimate of drug-likeness (QED) is 0.179. The predicted octanol–water partition coefficient (Wildman–Crippen LogP) is 13.5. The topological polar surface area (TPSA) is 0 Å². The highest BCUT2D eigenvalue weighted by Gasteiger charge is 2.94. The zero-order chi connectivity index (χ0) is 51.9. The van der Waals surface area contributed by atoms with Crippen LogP contribution in [0.3, 0.4) is 0 Å². The zero-order valence-electron chi connectivity index (χ0n) is 49.2. The van der Waals surface area contributed by atoms with E-state index in [9.17, 15) is 0 Å². The van der Waals surface area contributed by atoms with E-state index < -0.39 is 58.8 Å². The lowest BCUT2D eigenvalue weighted by Crippen LogP contribution is -3.08. The van der Waals surface area contributed by atoms with E-state index in [1.165, 1.54) is 0 Å². The lowest BCUT2D eigenvalue weighted by Gasteiger charge is -2.74. The molecular weight excluding hydrogens is 945 g/mol. The molecule has 4 aromatic carbocycles. The molecule has 7 rings (SSSR count). The molecule has 0 nitrogen and oxygen atoms in total. The minimum Gasteiger partial charge on any atom is -0.0699 e. The summed E-state index contributed by atoms with van der Waals surface area (Å²) in [5.41, 5.74) is 0. The lowest BCUT2D eigenvalue weighted by molar-refractivity contribution is 0.624. The number of hydrogen-bond donors (Lipinski definition) is 0. The molecule has 0 unspecified atom stereocenters. The Bertz CT molecular complexity index is 2340. The second kappa shape index (κ2) is 15.1. The Morgan fingerprint density at radius 3 is 0.574 bits per heavy atom. The van der Waals surface area contributed by atoms with Crippen LogP contribution in [0.1, 0.15) is 166 Å². The molecule has 0 N–H and O–H groups in total. The van der Waals surface area contributed by atoms with E-state index in [4.69, 9.17) is 0 Å². The first-order valence-corrected chi connectivity index (χ1v) is 50.8. The molecule has 0 radical (unpaired) electrons. The van der Waals surface area contributed by atoms with Crippen LogP contribution in [0.2, 0.25) is 66.5 Å². The second-order valence-electron chi connectivity index (χ2n) is 31.7. The van der Waals surface area contributed by atoms with Gasteiger partial charge in [0.2, 0.25) is 0 Å². The molecule has 0 amide bonds. The molecule has 0 aromatic heterocycles. The minimum absolute atomic E-state index is 0.129. The Labute approximate surface area is 427 Å². The van der Waals surface area contributed by atoms with Gasteiger partial charge in [0.15, 0.2) is 0 Å². The normalized spacial score (nSPS) is 22.2. The van der Waals surface area contributed by atoms with Crippen molar-refractivity contribution in [2.75, 3.05) is 0 Å². The first kappa shape index (κ1) is 54.4. The van der Waals surface area contributed by atoms with Crippen molar-refractivity contribution in [1.29, 1.82) is 0 Å². The van der Waals surface area contributed by atoms with E-state index in [1.54, 1.807) is 0 Å². The van der Waals surface area contributed by atoms with E-state index in [0.29, 0.717) is 0 Å². The van der Waals surface area contributed by atoms with Gasteiger partial charge in [-0.2, -0.15) is 0 Å². The van der Waals surface area contributed by atoms with Crippen LogP contribution in [-0.2, 0) is 0 Å². The highest BCUT2D eigenvalue weighted by Crippen LogP contribution is 2.68. The fourth-order valence-electron chi connectivity index (χ4n) is 19.4. The molecule has 3 heterocycles. The van der Waals surface area contributed by atoms with E-state index in [-0.39, 0.29) is 40.3 Å². The monoisotopic (exact) mass is 1040 g/mol. The molecule has 8 heteroatoms. The summed E-state index contributed by atoms with van der Waals surface area (Å²) in [7, 11) is -22.0. The summed E-state index contributed by atoms with van der Waals surface area (Å²) < 4.78 is 0. The van der Waals surface area contributed by atoms with Crippen LogP contribution in [0.5, 0.6) is 0 Å². The molecule has 372 valence electrons. The Balaban J connectivity index is 2.06. The smallest absolute Gasteiger partial charge is 0.0699 e. The van der Waals surface area contributed by atoms with Crippen LogP contribution < -0.4 is 41.5 Å². The van der Waals surface area contributed by atoms with Crippen molar-refractivity contribution in [2.45, 2.75) is 233 Å². The number of rotatable bonds is 4. The van der Waals surface area contributed by atoms with Gasteiger partial charge < -0.3 is 0 Å². The standard InChI is InChI=1S/C60H100Si8/c1-53(2,3)61(25,54(4,5)6)65(62(26,55(7,8)9)56(10,11)12)45-37-29-35-43-51(45)68(52-44-36-30-38-46(52)65)66(63(27,57(13,14)15)58(16,17)18)47-39-31-33-41-49(47)67(68,50-42-34-32-40-48(50)66)64(28,59(19,20)21)60(22,23)24/h29-44H,1-28H3. The van der Waals surface area contributed by atoms with E-state index in [1.807, 2.05) is 41.5 Å². The van der Waals surface area contributed by atoms with Gasteiger partial charge in [-0.25, -0.2) is 0 Å². The first-order valence-electron chi connectivity index (χ1n) is 26.8. The molecule has 3 aliphatic heterocycles. The summed E-state index contributed by atoms with van der Waals surface area (Å²) in [5.74, 6) is 0. The van der Waals surface area contributed by atoms with E-state index >= 15 is 0 Å². The molecule has 0 saturated carbocycles. The van der Waals surface area contributed by atoms with Crippen LogP contribution in [0.4, 0.5) is 0 Å². The Morgan fingerprint density at radius 2 is 0.397 bits per heavy atom. The summed E-state index contributed by atoms with van der Waals surface area (Å²) in [4.78, 5) is 0. The van der Waals surface area contributed by atoms with Crippen LogP contribution in [-0.4, -0.2) is 58.8 Å². The predicted molar refractivity (Wildman–Crippen MR) is 330 cm³/mol. The van der Waals surface area contributed by atoms with Gasteiger partial charge in [-0.1, -0.05) is 331 Å². The Kier molecular flexibility index (Phi) is 12.1. The molecule has 0 atom stereocenters. The van der Waals surface area contributed by atoms with Crippen molar-refractivity contribution in [3.8, 4) is 0 Å². The zero-order valence-corrected chi connectivity index (χ0v) is 57.2. The Hall–Kier alpha value is -1.38. The van der Waals surface area contributed by atoms with Gasteiger partial charge >= 0.3 is 0 Å². The molecule has 4 aromatic rings. The van der Waals surface area contributed by atoms with Gasteiger partial charge in [-0.3, -0.25) is 0 Å². The first-order chi connectivity index (χ1) is 30.4. The maximum absolute atomic E-state index is 3.08. The minimum atomic E-state index is -3.08. The second-order valence-corrected chi connectivity index (χ2v) is 99.0. The van der Waals surface area contributed by atoms with Crippen molar-refractivity contribution in [3.05, 3.63) is 97.1 Å². The van der Waals surface area contributed by atoms with Gasteiger partial charge in [0, 0.05) is 0 Å². The Morgan fingerprint density at radius 1 is 0.235 bits per heavy atom. The number of benzene rings is 4. The number of fused-ring (bicyclic) bond motifs is 8. The van der Waals surface area contributed by atoms with Gasteiger partial charge in [0.05, 0.1) is 30.4 Å². The van der Waals surface area contributed by atoms with Gasteiger partial charge in [-0.05, 0) is 40.3 Å². The van der Waals surface area contributed by atoms with Crippen molar-refractivity contribution >= 4 is 100 Å². The largest absolute Gasteiger partial charge is 0.120 e.